The van der Waals surface area contributed by atoms with E-state index >= 15 is 0 Å². The predicted octanol–water partition coefficient (Wildman–Crippen LogP) is 3.97. The second-order valence-electron chi connectivity index (χ2n) is 4.39. The second-order valence-corrected chi connectivity index (χ2v) is 4.39. The molecule has 0 aliphatic rings. The molecule has 1 atom stereocenters. The van der Waals surface area contributed by atoms with E-state index in [2.05, 4.69) is 6.58 Å². The van der Waals surface area contributed by atoms with E-state index in [4.69, 9.17) is 10.5 Å². The highest BCUT2D eigenvalue weighted by Gasteiger charge is 2.16. The van der Waals surface area contributed by atoms with Crippen LogP contribution in [0.1, 0.15) is 43.7 Å². The molecule has 0 saturated heterocycles. The summed E-state index contributed by atoms with van der Waals surface area (Å²) in [6.07, 6.45) is 6.92. The molecule has 0 heterocycles. The highest BCUT2D eigenvalue weighted by Crippen LogP contribution is 2.29. The van der Waals surface area contributed by atoms with E-state index in [0.717, 1.165) is 32.1 Å². The van der Waals surface area contributed by atoms with Crippen LogP contribution in [0.25, 0.3) is 0 Å². The molecule has 2 N–H and O–H groups in total. The van der Waals surface area contributed by atoms with Gasteiger partial charge in [0, 0.05) is 11.6 Å². The van der Waals surface area contributed by atoms with E-state index in [9.17, 15) is 4.39 Å². The summed E-state index contributed by atoms with van der Waals surface area (Å²) in [4.78, 5) is 0. The average molecular weight is 251 g/mol. The van der Waals surface area contributed by atoms with Crippen molar-refractivity contribution >= 4 is 0 Å². The Hall–Kier alpha value is -1.35. The summed E-state index contributed by atoms with van der Waals surface area (Å²) in [6.45, 7) is 3.68. The number of benzene rings is 1. The molecule has 2 nitrogen and oxygen atoms in total. The highest BCUT2D eigenvalue weighted by molar-refractivity contribution is 5.36. The first-order valence-corrected chi connectivity index (χ1v) is 6.39. The van der Waals surface area contributed by atoms with Gasteiger partial charge in [-0.2, -0.15) is 0 Å². The first-order chi connectivity index (χ1) is 8.70. The van der Waals surface area contributed by atoms with Gasteiger partial charge < -0.3 is 10.5 Å². The van der Waals surface area contributed by atoms with Gasteiger partial charge in [-0.25, -0.2) is 4.39 Å². The number of halogens is 1. The van der Waals surface area contributed by atoms with Crippen LogP contribution >= 0.6 is 0 Å². The number of hydrogen-bond acceptors (Lipinski definition) is 2. The van der Waals surface area contributed by atoms with Gasteiger partial charge in [0.1, 0.15) is 11.6 Å². The lowest BCUT2D eigenvalue weighted by atomic mass is 9.99. The lowest BCUT2D eigenvalue weighted by Gasteiger charge is -2.16. The van der Waals surface area contributed by atoms with Crippen LogP contribution < -0.4 is 10.5 Å². The van der Waals surface area contributed by atoms with Crippen molar-refractivity contribution in [3.63, 3.8) is 0 Å². The number of methoxy groups -OCH3 is 1. The van der Waals surface area contributed by atoms with Crippen LogP contribution in [-0.4, -0.2) is 7.11 Å². The van der Waals surface area contributed by atoms with E-state index < -0.39 is 0 Å². The Morgan fingerprint density at radius 2 is 2.17 bits per heavy atom. The molecule has 3 heteroatoms. The van der Waals surface area contributed by atoms with Gasteiger partial charge >= 0.3 is 0 Å². The minimum atomic E-state index is -0.301. The normalized spacial score (nSPS) is 12.2. The average Bonchev–Trinajstić information content (AvgIpc) is 2.37. The van der Waals surface area contributed by atoms with Crippen LogP contribution in [0.15, 0.2) is 30.9 Å². The Balaban J connectivity index is 2.55. The van der Waals surface area contributed by atoms with Crippen molar-refractivity contribution in [2.45, 2.75) is 38.1 Å². The zero-order valence-electron chi connectivity index (χ0n) is 11.0. The molecule has 1 rings (SSSR count). The van der Waals surface area contributed by atoms with Crippen molar-refractivity contribution in [3.05, 3.63) is 42.2 Å². The Kier molecular flexibility index (Phi) is 6.44. The third-order valence-electron chi connectivity index (χ3n) is 3.03. The molecule has 0 spiro atoms. The maximum absolute atomic E-state index is 13.7. The van der Waals surface area contributed by atoms with Gasteiger partial charge in [-0.1, -0.05) is 25.0 Å². The van der Waals surface area contributed by atoms with E-state index in [-0.39, 0.29) is 11.9 Å². The summed E-state index contributed by atoms with van der Waals surface area (Å²) in [5.74, 6) is 0.251. The minimum absolute atomic E-state index is 0.284. The number of hydrogen-bond donors (Lipinski definition) is 1. The molecule has 0 aromatic heterocycles. The zero-order valence-corrected chi connectivity index (χ0v) is 11.0. The Labute approximate surface area is 109 Å². The molecule has 100 valence electrons. The minimum Gasteiger partial charge on any atom is -0.496 e. The van der Waals surface area contributed by atoms with Crippen molar-refractivity contribution in [1.29, 1.82) is 0 Å². The summed E-state index contributed by atoms with van der Waals surface area (Å²) in [5, 5.41) is 0. The fourth-order valence-electron chi connectivity index (χ4n) is 2.03. The molecule has 1 aromatic rings. The third kappa shape index (κ3) is 4.15. The van der Waals surface area contributed by atoms with Crippen LogP contribution in [0.5, 0.6) is 5.75 Å². The fourth-order valence-corrected chi connectivity index (χ4v) is 2.03. The van der Waals surface area contributed by atoms with E-state index in [1.807, 2.05) is 6.08 Å². The highest BCUT2D eigenvalue weighted by atomic mass is 19.1. The van der Waals surface area contributed by atoms with Crippen LogP contribution in [-0.2, 0) is 0 Å². The summed E-state index contributed by atoms with van der Waals surface area (Å²) in [7, 11) is 1.54. The van der Waals surface area contributed by atoms with Crippen LogP contribution in [0.4, 0.5) is 4.39 Å². The SMILES string of the molecule is C=CCCCCCC(N)c1c(F)cccc1OC. The Morgan fingerprint density at radius 3 is 2.83 bits per heavy atom. The summed E-state index contributed by atoms with van der Waals surface area (Å²) in [6, 6.07) is 4.50. The maximum Gasteiger partial charge on any atom is 0.131 e. The zero-order chi connectivity index (χ0) is 13.4. The van der Waals surface area contributed by atoms with Gasteiger partial charge in [0.25, 0.3) is 0 Å². The van der Waals surface area contributed by atoms with E-state index in [0.29, 0.717) is 11.3 Å². The van der Waals surface area contributed by atoms with Crippen molar-refractivity contribution in [3.8, 4) is 5.75 Å². The maximum atomic E-state index is 13.7. The molecule has 0 saturated carbocycles. The Bertz CT molecular complexity index is 379. The molecule has 0 aliphatic carbocycles. The first-order valence-electron chi connectivity index (χ1n) is 6.39. The summed E-state index contributed by atoms with van der Waals surface area (Å²) in [5.41, 5.74) is 6.54. The number of nitrogens with two attached hydrogens (primary N) is 1. The van der Waals surface area contributed by atoms with Gasteiger partial charge in [-0.05, 0) is 31.4 Å². The van der Waals surface area contributed by atoms with E-state index in [1.54, 1.807) is 12.1 Å². The molecule has 1 unspecified atom stereocenters. The monoisotopic (exact) mass is 251 g/mol. The number of unbranched alkanes of at least 4 members (excludes halogenated alkanes) is 3. The van der Waals surface area contributed by atoms with Crippen molar-refractivity contribution in [1.82, 2.24) is 0 Å². The second kappa shape index (κ2) is 7.88. The van der Waals surface area contributed by atoms with Gasteiger partial charge in [-0.15, -0.1) is 6.58 Å². The molecule has 0 fully saturated rings. The molecule has 0 amide bonds. The third-order valence-corrected chi connectivity index (χ3v) is 3.03. The number of allylic oxidation sites excluding steroid dienone is 1. The fraction of sp³-hybridized carbons (Fsp3) is 0.467. The largest absolute Gasteiger partial charge is 0.496 e. The molecular weight excluding hydrogens is 229 g/mol. The number of ether oxygens (including phenoxy) is 1. The van der Waals surface area contributed by atoms with Crippen LogP contribution in [0.2, 0.25) is 0 Å². The van der Waals surface area contributed by atoms with Crippen LogP contribution in [0.3, 0.4) is 0 Å². The lowest BCUT2D eigenvalue weighted by Crippen LogP contribution is -2.13. The van der Waals surface area contributed by atoms with Crippen molar-refractivity contribution < 1.29 is 9.13 Å². The molecule has 0 radical (unpaired) electrons. The van der Waals surface area contributed by atoms with E-state index in [1.165, 1.54) is 13.2 Å². The quantitative estimate of drug-likeness (QED) is 0.560. The summed E-state index contributed by atoms with van der Waals surface area (Å²) >= 11 is 0. The predicted molar refractivity (Wildman–Crippen MR) is 73.2 cm³/mol. The molecule has 0 bridgehead atoms. The Morgan fingerprint density at radius 1 is 1.39 bits per heavy atom. The van der Waals surface area contributed by atoms with Crippen molar-refractivity contribution in [2.75, 3.05) is 7.11 Å². The van der Waals surface area contributed by atoms with Gasteiger partial charge in [-0.3, -0.25) is 0 Å². The standard InChI is InChI=1S/C15H22FNO/c1-3-4-5-6-7-10-13(17)15-12(16)9-8-11-14(15)18-2/h3,8-9,11,13H,1,4-7,10,17H2,2H3. The van der Waals surface area contributed by atoms with Crippen LogP contribution in [0, 0.1) is 5.82 Å². The number of rotatable bonds is 8. The van der Waals surface area contributed by atoms with Gasteiger partial charge in [0.2, 0.25) is 0 Å². The molecule has 1 aromatic carbocycles. The first kappa shape index (κ1) is 14.7. The summed E-state index contributed by atoms with van der Waals surface area (Å²) < 4.78 is 18.9. The molecule has 18 heavy (non-hydrogen) atoms. The molecule has 0 aliphatic heterocycles. The van der Waals surface area contributed by atoms with Gasteiger partial charge in [0.15, 0.2) is 0 Å². The van der Waals surface area contributed by atoms with Crippen molar-refractivity contribution in [2.24, 2.45) is 5.73 Å². The smallest absolute Gasteiger partial charge is 0.131 e. The lowest BCUT2D eigenvalue weighted by molar-refractivity contribution is 0.395. The molecular formula is C15H22FNO. The van der Waals surface area contributed by atoms with Gasteiger partial charge in [0.05, 0.1) is 7.11 Å². The topological polar surface area (TPSA) is 35.2 Å².